The predicted octanol–water partition coefficient (Wildman–Crippen LogP) is 4.75. The molecule has 0 radical (unpaired) electrons. The summed E-state index contributed by atoms with van der Waals surface area (Å²) in [5.41, 5.74) is 1.99. The summed E-state index contributed by atoms with van der Waals surface area (Å²) in [6, 6.07) is 20.6. The first-order valence-corrected chi connectivity index (χ1v) is 9.77. The van der Waals surface area contributed by atoms with Gasteiger partial charge in [0.1, 0.15) is 5.75 Å². The number of ether oxygens (including phenoxy) is 1. The Bertz CT molecular complexity index is 1190. The van der Waals surface area contributed by atoms with Crippen molar-refractivity contribution in [1.82, 2.24) is 0 Å². The summed E-state index contributed by atoms with van der Waals surface area (Å²) in [5.74, 6) is -1.01. The first-order valence-electron chi connectivity index (χ1n) is 8.97. The summed E-state index contributed by atoms with van der Waals surface area (Å²) in [7, 11) is 0. The van der Waals surface area contributed by atoms with Gasteiger partial charge in [-0.1, -0.05) is 40.2 Å². The van der Waals surface area contributed by atoms with Crippen molar-refractivity contribution < 1.29 is 19.4 Å². The van der Waals surface area contributed by atoms with E-state index in [1.807, 2.05) is 18.2 Å². The topological polar surface area (TPSA) is 88.0 Å². The lowest BCUT2D eigenvalue weighted by Gasteiger charge is -2.08. The Morgan fingerprint density at radius 3 is 2.50 bits per heavy atom. The number of phenols is 1. The fourth-order valence-electron chi connectivity index (χ4n) is 2.83. The molecule has 30 heavy (non-hydrogen) atoms. The second-order valence-corrected chi connectivity index (χ2v) is 7.36. The van der Waals surface area contributed by atoms with Crippen LogP contribution in [0.25, 0.3) is 6.08 Å². The summed E-state index contributed by atoms with van der Waals surface area (Å²) in [6.07, 6.45) is 1.51. The van der Waals surface area contributed by atoms with Crippen molar-refractivity contribution in [2.75, 3.05) is 5.32 Å². The van der Waals surface area contributed by atoms with Gasteiger partial charge >= 0.3 is 5.97 Å². The summed E-state index contributed by atoms with van der Waals surface area (Å²) in [5, 5.41) is 12.8. The minimum Gasteiger partial charge on any atom is -0.507 e. The van der Waals surface area contributed by atoms with Crippen molar-refractivity contribution in [2.45, 2.75) is 0 Å². The molecule has 0 saturated carbocycles. The summed E-state index contributed by atoms with van der Waals surface area (Å²) < 4.78 is 6.12. The highest BCUT2D eigenvalue weighted by molar-refractivity contribution is 9.10. The van der Waals surface area contributed by atoms with Crippen LogP contribution in [0.5, 0.6) is 5.75 Å². The van der Waals surface area contributed by atoms with Crippen LogP contribution in [-0.4, -0.2) is 22.9 Å². The van der Waals surface area contributed by atoms with Gasteiger partial charge in [0, 0.05) is 15.7 Å². The van der Waals surface area contributed by atoms with Gasteiger partial charge < -0.3 is 15.2 Å². The van der Waals surface area contributed by atoms with Crippen molar-refractivity contribution >= 4 is 45.5 Å². The SMILES string of the molecule is O=C1OC(c2ccccc2)=N/C1=C\c1ccc(O)c(C(=O)Nc2ccc(Br)cc2)c1. The molecule has 0 spiro atoms. The van der Waals surface area contributed by atoms with E-state index in [9.17, 15) is 14.7 Å². The number of halogens is 1. The van der Waals surface area contributed by atoms with E-state index in [1.54, 1.807) is 42.5 Å². The Balaban J connectivity index is 1.60. The molecule has 0 aromatic heterocycles. The van der Waals surface area contributed by atoms with Crippen LogP contribution in [0, 0.1) is 0 Å². The van der Waals surface area contributed by atoms with Crippen LogP contribution < -0.4 is 5.32 Å². The van der Waals surface area contributed by atoms with Crippen LogP contribution in [0.3, 0.4) is 0 Å². The lowest BCUT2D eigenvalue weighted by Crippen LogP contribution is -2.12. The highest BCUT2D eigenvalue weighted by atomic mass is 79.9. The molecular weight excluding hydrogens is 448 g/mol. The van der Waals surface area contributed by atoms with Crippen LogP contribution >= 0.6 is 15.9 Å². The highest BCUT2D eigenvalue weighted by Gasteiger charge is 2.24. The maximum Gasteiger partial charge on any atom is 0.363 e. The van der Waals surface area contributed by atoms with Gasteiger partial charge in [-0.15, -0.1) is 0 Å². The molecule has 4 rings (SSSR count). The Kier molecular flexibility index (Phi) is 5.45. The van der Waals surface area contributed by atoms with Crippen LogP contribution in [0.15, 0.2) is 88.0 Å². The fourth-order valence-corrected chi connectivity index (χ4v) is 3.09. The van der Waals surface area contributed by atoms with Gasteiger partial charge in [-0.2, -0.15) is 0 Å². The number of benzene rings is 3. The van der Waals surface area contributed by atoms with E-state index < -0.39 is 11.9 Å². The predicted molar refractivity (Wildman–Crippen MR) is 117 cm³/mol. The number of aromatic hydroxyl groups is 1. The number of phenolic OH excluding ortho intramolecular Hbond substituents is 1. The fraction of sp³-hybridized carbons (Fsp3) is 0. The minimum atomic E-state index is -0.581. The third kappa shape index (κ3) is 4.31. The molecule has 7 heteroatoms. The molecule has 0 saturated heterocycles. The Morgan fingerprint density at radius 2 is 1.77 bits per heavy atom. The average Bonchev–Trinajstić information content (AvgIpc) is 3.12. The smallest absolute Gasteiger partial charge is 0.363 e. The molecule has 1 aliphatic heterocycles. The van der Waals surface area contributed by atoms with Gasteiger partial charge in [0.2, 0.25) is 5.90 Å². The number of hydrogen-bond donors (Lipinski definition) is 2. The summed E-state index contributed by atoms with van der Waals surface area (Å²) in [4.78, 5) is 29.0. The number of esters is 1. The van der Waals surface area contributed by atoms with Gasteiger partial charge in [0.15, 0.2) is 5.70 Å². The Hall–Kier alpha value is -3.71. The molecule has 0 bridgehead atoms. The number of hydrogen-bond acceptors (Lipinski definition) is 5. The summed E-state index contributed by atoms with van der Waals surface area (Å²) >= 11 is 3.34. The molecule has 6 nitrogen and oxygen atoms in total. The lowest BCUT2D eigenvalue weighted by atomic mass is 10.1. The number of carbonyl (C=O) groups excluding carboxylic acids is 2. The van der Waals surface area contributed by atoms with Gasteiger partial charge in [0.25, 0.3) is 5.91 Å². The number of nitrogens with zero attached hydrogens (tertiary/aromatic N) is 1. The van der Waals surface area contributed by atoms with E-state index in [2.05, 4.69) is 26.2 Å². The van der Waals surface area contributed by atoms with E-state index >= 15 is 0 Å². The zero-order valence-corrected chi connectivity index (χ0v) is 17.1. The van der Waals surface area contributed by atoms with Crippen molar-refractivity contribution in [3.05, 3.63) is 99.7 Å². The van der Waals surface area contributed by atoms with Crippen molar-refractivity contribution in [1.29, 1.82) is 0 Å². The molecule has 2 N–H and O–H groups in total. The van der Waals surface area contributed by atoms with Crippen LogP contribution in [-0.2, 0) is 9.53 Å². The molecule has 0 fully saturated rings. The zero-order chi connectivity index (χ0) is 21.1. The van der Waals surface area contributed by atoms with Crippen LogP contribution in [0.2, 0.25) is 0 Å². The molecule has 0 unspecified atom stereocenters. The van der Waals surface area contributed by atoms with Crippen LogP contribution in [0.4, 0.5) is 5.69 Å². The molecule has 0 aliphatic carbocycles. The molecule has 148 valence electrons. The molecule has 1 heterocycles. The number of carbonyl (C=O) groups is 2. The standard InChI is InChI=1S/C23H15BrN2O4/c24-16-7-9-17(10-8-16)25-21(28)18-12-14(6-11-20(18)27)13-19-23(29)30-22(26-19)15-4-2-1-3-5-15/h1-13,27H,(H,25,28)/b19-13-. The van der Waals surface area contributed by atoms with Crippen molar-refractivity contribution in [3.8, 4) is 5.75 Å². The first-order chi connectivity index (χ1) is 14.5. The van der Waals surface area contributed by atoms with Gasteiger partial charge in [-0.3, -0.25) is 4.79 Å². The van der Waals surface area contributed by atoms with Gasteiger partial charge in [-0.25, -0.2) is 9.79 Å². The Labute approximate surface area is 180 Å². The maximum atomic E-state index is 12.6. The number of rotatable bonds is 4. The van der Waals surface area contributed by atoms with E-state index in [0.717, 1.165) is 4.47 Å². The Morgan fingerprint density at radius 1 is 1.03 bits per heavy atom. The second-order valence-electron chi connectivity index (χ2n) is 6.44. The zero-order valence-electron chi connectivity index (χ0n) is 15.5. The quantitative estimate of drug-likeness (QED) is 0.432. The average molecular weight is 463 g/mol. The van der Waals surface area contributed by atoms with Crippen molar-refractivity contribution in [2.24, 2.45) is 4.99 Å². The number of aliphatic imine (C=N–C) groups is 1. The largest absolute Gasteiger partial charge is 0.507 e. The number of amides is 1. The molecule has 3 aromatic rings. The molecule has 1 amide bonds. The van der Waals surface area contributed by atoms with Gasteiger partial charge in [-0.05, 0) is 60.2 Å². The number of anilines is 1. The van der Waals surface area contributed by atoms with E-state index in [0.29, 0.717) is 16.8 Å². The van der Waals surface area contributed by atoms with Crippen LogP contribution in [0.1, 0.15) is 21.5 Å². The lowest BCUT2D eigenvalue weighted by molar-refractivity contribution is -0.129. The van der Waals surface area contributed by atoms with Crippen molar-refractivity contribution in [3.63, 3.8) is 0 Å². The molecule has 0 atom stereocenters. The number of cyclic esters (lactones) is 1. The molecular formula is C23H15BrN2O4. The van der Waals surface area contributed by atoms with E-state index in [1.165, 1.54) is 18.2 Å². The third-order valence-electron chi connectivity index (χ3n) is 4.31. The first kappa shape index (κ1) is 19.6. The minimum absolute atomic E-state index is 0.0749. The van der Waals surface area contributed by atoms with E-state index in [-0.39, 0.29) is 22.9 Å². The highest BCUT2D eigenvalue weighted by Crippen LogP contribution is 2.24. The molecule has 1 aliphatic rings. The summed E-state index contributed by atoms with van der Waals surface area (Å²) in [6.45, 7) is 0. The normalized spacial score (nSPS) is 14.4. The second kappa shape index (κ2) is 8.34. The monoisotopic (exact) mass is 462 g/mol. The van der Waals surface area contributed by atoms with E-state index in [4.69, 9.17) is 4.74 Å². The van der Waals surface area contributed by atoms with Gasteiger partial charge in [0.05, 0.1) is 5.56 Å². The third-order valence-corrected chi connectivity index (χ3v) is 4.84. The molecule has 3 aromatic carbocycles. The number of nitrogens with one attached hydrogen (secondary N) is 1. The maximum absolute atomic E-state index is 12.6.